The molecule has 232 valence electrons. The highest BCUT2D eigenvalue weighted by Crippen LogP contribution is 2.33. The van der Waals surface area contributed by atoms with Crippen LogP contribution in [-0.4, -0.2) is 125 Å². The summed E-state index contributed by atoms with van der Waals surface area (Å²) in [6, 6.07) is 6.76. The van der Waals surface area contributed by atoms with Crippen molar-refractivity contribution in [2.24, 2.45) is 5.92 Å². The van der Waals surface area contributed by atoms with Crippen LogP contribution in [0.1, 0.15) is 54.2 Å². The number of aromatic nitrogens is 3. The van der Waals surface area contributed by atoms with E-state index in [0.29, 0.717) is 49.9 Å². The van der Waals surface area contributed by atoms with E-state index < -0.39 is 6.04 Å². The van der Waals surface area contributed by atoms with Gasteiger partial charge in [0.15, 0.2) is 0 Å². The van der Waals surface area contributed by atoms with Gasteiger partial charge >= 0.3 is 0 Å². The summed E-state index contributed by atoms with van der Waals surface area (Å²) >= 11 is 0. The van der Waals surface area contributed by atoms with E-state index in [1.54, 1.807) is 11.0 Å². The molecule has 0 radical (unpaired) electrons. The zero-order valence-corrected chi connectivity index (χ0v) is 24.8. The summed E-state index contributed by atoms with van der Waals surface area (Å²) in [7, 11) is 0. The van der Waals surface area contributed by atoms with Crippen molar-refractivity contribution < 1.29 is 23.8 Å². The van der Waals surface area contributed by atoms with E-state index in [1.807, 2.05) is 29.1 Å². The van der Waals surface area contributed by atoms with Gasteiger partial charge in [0, 0.05) is 58.8 Å². The van der Waals surface area contributed by atoms with Gasteiger partial charge < -0.3 is 24.4 Å². The molecule has 2 amide bonds. The lowest BCUT2D eigenvalue weighted by Gasteiger charge is -2.41. The SMILES string of the molecule is O=C1NC[C@H]2O[C@H](CCOc3ccccc3C(=O)N3CCN(CC4CC4)C[C@@H]13)CC[C@H]2n1cc(CN2CCOCC2)nn1. The first-order valence-corrected chi connectivity index (χ1v) is 16.0. The summed E-state index contributed by atoms with van der Waals surface area (Å²) < 4.78 is 20.2. The van der Waals surface area contributed by atoms with Crippen molar-refractivity contribution in [3.63, 3.8) is 0 Å². The third kappa shape index (κ3) is 6.72. The normalized spacial score (nSPS) is 29.6. The van der Waals surface area contributed by atoms with Crippen molar-refractivity contribution in [2.75, 3.05) is 65.6 Å². The maximum absolute atomic E-state index is 13.9. The third-order valence-corrected chi connectivity index (χ3v) is 9.50. The van der Waals surface area contributed by atoms with E-state index in [-0.39, 0.29) is 30.1 Å². The molecule has 12 heteroatoms. The van der Waals surface area contributed by atoms with E-state index in [0.717, 1.165) is 64.5 Å². The molecule has 4 atom stereocenters. The third-order valence-electron chi connectivity index (χ3n) is 9.50. The minimum Gasteiger partial charge on any atom is -0.493 e. The molecular formula is C31H43N7O5. The van der Waals surface area contributed by atoms with Gasteiger partial charge in [-0.05, 0) is 43.7 Å². The second-order valence-corrected chi connectivity index (χ2v) is 12.6. The molecule has 5 aliphatic rings. The molecule has 5 heterocycles. The lowest BCUT2D eigenvalue weighted by Crippen LogP contribution is -2.61. The van der Waals surface area contributed by atoms with Crippen LogP contribution in [0.5, 0.6) is 5.75 Å². The highest BCUT2D eigenvalue weighted by molar-refractivity contribution is 6.00. The molecule has 1 aromatic heterocycles. The fourth-order valence-electron chi connectivity index (χ4n) is 6.87. The number of fused-ring (bicyclic) bond motifs is 4. The molecule has 0 spiro atoms. The second-order valence-electron chi connectivity index (χ2n) is 12.6. The van der Waals surface area contributed by atoms with E-state index in [1.165, 1.54) is 12.8 Å². The smallest absolute Gasteiger partial charge is 0.258 e. The Hall–Kier alpha value is -3.06. The summed E-state index contributed by atoms with van der Waals surface area (Å²) in [5, 5.41) is 12.2. The lowest BCUT2D eigenvalue weighted by molar-refractivity contribution is -0.130. The Kier molecular flexibility index (Phi) is 8.60. The number of rotatable bonds is 5. The van der Waals surface area contributed by atoms with E-state index in [4.69, 9.17) is 14.2 Å². The lowest BCUT2D eigenvalue weighted by atomic mass is 9.96. The highest BCUT2D eigenvalue weighted by atomic mass is 16.5. The fourth-order valence-corrected chi connectivity index (χ4v) is 6.87. The molecule has 4 aliphatic heterocycles. The van der Waals surface area contributed by atoms with Crippen molar-refractivity contribution in [2.45, 2.75) is 62.9 Å². The zero-order valence-electron chi connectivity index (χ0n) is 24.8. The number of para-hydroxylation sites is 1. The Balaban J connectivity index is 1.11. The van der Waals surface area contributed by atoms with Crippen LogP contribution in [-0.2, 0) is 20.8 Å². The Morgan fingerprint density at radius 1 is 0.930 bits per heavy atom. The summed E-state index contributed by atoms with van der Waals surface area (Å²) in [5.41, 5.74) is 1.43. The first kappa shape index (κ1) is 28.7. The number of hydrogen-bond donors (Lipinski definition) is 1. The van der Waals surface area contributed by atoms with Crippen LogP contribution < -0.4 is 10.1 Å². The van der Waals surface area contributed by atoms with E-state index >= 15 is 0 Å². The number of morpholine rings is 1. The Morgan fingerprint density at radius 2 is 1.79 bits per heavy atom. The average Bonchev–Trinajstić information content (AvgIpc) is 3.74. The molecule has 3 saturated heterocycles. The first-order chi connectivity index (χ1) is 21.1. The molecule has 1 N–H and O–H groups in total. The Labute approximate surface area is 252 Å². The number of carbonyl (C=O) groups is 2. The molecule has 2 bridgehead atoms. The number of amides is 2. The average molecular weight is 594 g/mol. The van der Waals surface area contributed by atoms with Crippen LogP contribution in [0, 0.1) is 5.92 Å². The van der Waals surface area contributed by atoms with Gasteiger partial charge in [0.25, 0.3) is 5.91 Å². The largest absolute Gasteiger partial charge is 0.493 e. The molecule has 12 nitrogen and oxygen atoms in total. The quantitative estimate of drug-likeness (QED) is 0.549. The van der Waals surface area contributed by atoms with Crippen LogP contribution in [0.15, 0.2) is 30.5 Å². The van der Waals surface area contributed by atoms with E-state index in [2.05, 4.69) is 25.4 Å². The van der Waals surface area contributed by atoms with Gasteiger partial charge in [-0.3, -0.25) is 19.4 Å². The topological polar surface area (TPSA) is 114 Å². The molecule has 4 fully saturated rings. The van der Waals surface area contributed by atoms with Crippen LogP contribution in [0.25, 0.3) is 0 Å². The van der Waals surface area contributed by atoms with Gasteiger partial charge in [-0.2, -0.15) is 0 Å². The molecule has 1 saturated carbocycles. The molecule has 1 aliphatic carbocycles. The Bertz CT molecular complexity index is 1280. The Morgan fingerprint density at radius 3 is 2.65 bits per heavy atom. The summed E-state index contributed by atoms with van der Waals surface area (Å²) in [6.45, 7) is 7.59. The molecule has 1 aromatic carbocycles. The molecular weight excluding hydrogens is 550 g/mol. The van der Waals surface area contributed by atoms with Crippen LogP contribution in [0.2, 0.25) is 0 Å². The molecule has 7 rings (SSSR count). The van der Waals surface area contributed by atoms with Gasteiger partial charge in [-0.15, -0.1) is 5.10 Å². The maximum atomic E-state index is 13.9. The van der Waals surface area contributed by atoms with Crippen LogP contribution in [0.4, 0.5) is 0 Å². The van der Waals surface area contributed by atoms with Crippen molar-refractivity contribution in [1.82, 2.24) is 35.0 Å². The number of nitrogens with zero attached hydrogens (tertiary/aromatic N) is 6. The first-order valence-electron chi connectivity index (χ1n) is 16.0. The number of piperazine rings is 1. The van der Waals surface area contributed by atoms with Crippen LogP contribution >= 0.6 is 0 Å². The second kappa shape index (κ2) is 12.9. The molecule has 0 unspecified atom stereocenters. The van der Waals surface area contributed by atoms with Crippen LogP contribution in [0.3, 0.4) is 0 Å². The number of hydrogen-bond acceptors (Lipinski definition) is 9. The minimum absolute atomic E-state index is 0.0134. The van der Waals surface area contributed by atoms with Gasteiger partial charge in [0.1, 0.15) is 11.8 Å². The zero-order chi connectivity index (χ0) is 29.2. The summed E-state index contributed by atoms with van der Waals surface area (Å²) in [4.78, 5) is 34.2. The van der Waals surface area contributed by atoms with Gasteiger partial charge in [-0.1, -0.05) is 17.3 Å². The monoisotopic (exact) mass is 593 g/mol. The van der Waals surface area contributed by atoms with Crippen molar-refractivity contribution in [1.29, 1.82) is 0 Å². The van der Waals surface area contributed by atoms with Crippen molar-refractivity contribution >= 4 is 11.8 Å². The molecule has 2 aromatic rings. The number of carbonyl (C=O) groups excluding carboxylic acids is 2. The highest BCUT2D eigenvalue weighted by Gasteiger charge is 2.40. The number of ether oxygens (including phenoxy) is 3. The van der Waals surface area contributed by atoms with Gasteiger partial charge in [0.2, 0.25) is 5.91 Å². The predicted molar refractivity (Wildman–Crippen MR) is 157 cm³/mol. The van der Waals surface area contributed by atoms with E-state index in [9.17, 15) is 9.59 Å². The maximum Gasteiger partial charge on any atom is 0.258 e. The standard InChI is InChI=1S/C31H43N7O5/c39-30-27-21-36(18-22-5-6-22)10-11-37(27)31(40)25-3-1-2-4-28(25)42-14-9-24-7-8-26(29(43-24)17-32-30)38-20-23(33-34-38)19-35-12-15-41-16-13-35/h1-4,20,22,24,26-27,29H,5-19,21H2,(H,32,39)/t24-,26+,27-,29+/m0/s1. The molecule has 43 heavy (non-hydrogen) atoms. The number of benzene rings is 1. The predicted octanol–water partition coefficient (Wildman–Crippen LogP) is 1.33. The number of nitrogens with one attached hydrogen (secondary N) is 1. The fraction of sp³-hybridized carbons (Fsp3) is 0.677. The minimum atomic E-state index is -0.583. The van der Waals surface area contributed by atoms with Crippen molar-refractivity contribution in [3.05, 3.63) is 41.7 Å². The van der Waals surface area contributed by atoms with Gasteiger partial charge in [0.05, 0.1) is 55.5 Å². The summed E-state index contributed by atoms with van der Waals surface area (Å²) in [6.07, 6.45) is 6.65. The van der Waals surface area contributed by atoms with Gasteiger partial charge in [-0.25, -0.2) is 4.68 Å². The van der Waals surface area contributed by atoms with Crippen molar-refractivity contribution in [3.8, 4) is 5.75 Å². The summed E-state index contributed by atoms with van der Waals surface area (Å²) in [5.74, 6) is 0.982.